The van der Waals surface area contributed by atoms with Crippen LogP contribution in [0.15, 0.2) is 76.7 Å². The second-order valence-corrected chi connectivity index (χ2v) is 6.90. The Labute approximate surface area is 167 Å². The molecule has 0 saturated heterocycles. The van der Waals surface area contributed by atoms with Crippen molar-refractivity contribution in [3.63, 3.8) is 0 Å². The molecule has 0 heterocycles. The Kier molecular flexibility index (Phi) is 6.22. The van der Waals surface area contributed by atoms with Crippen LogP contribution in [0.4, 0.5) is 22.7 Å². The summed E-state index contributed by atoms with van der Waals surface area (Å²) in [7, 11) is 8.10. The maximum atomic E-state index is 4.54. The molecule has 0 unspecified atom stereocenters. The molecule has 3 aromatic rings. The molecule has 141 valence electrons. The number of rotatable bonds is 6. The summed E-state index contributed by atoms with van der Waals surface area (Å²) in [5.41, 5.74) is 5.98. The molecule has 0 aromatic heterocycles. The fourth-order valence-electron chi connectivity index (χ4n) is 2.62. The van der Waals surface area contributed by atoms with Gasteiger partial charge in [0.1, 0.15) is 0 Å². The Morgan fingerprint density at radius 3 is 1.36 bits per heavy atom. The third-order valence-corrected chi connectivity index (χ3v) is 4.28. The summed E-state index contributed by atoms with van der Waals surface area (Å²) >= 11 is 0. The van der Waals surface area contributed by atoms with E-state index in [2.05, 4.69) is 50.1 Å². The zero-order chi connectivity index (χ0) is 19.9. The third kappa shape index (κ3) is 5.30. The van der Waals surface area contributed by atoms with Gasteiger partial charge in [-0.1, -0.05) is 18.2 Å². The van der Waals surface area contributed by atoms with Crippen LogP contribution >= 0.6 is 0 Å². The first-order valence-corrected chi connectivity index (χ1v) is 9.16. The first-order chi connectivity index (χ1) is 13.5. The zero-order valence-corrected chi connectivity index (χ0v) is 16.8. The van der Waals surface area contributed by atoms with Gasteiger partial charge in [0, 0.05) is 69.2 Å². The molecule has 0 spiro atoms. The quantitative estimate of drug-likeness (QED) is 0.565. The summed E-state index contributed by atoms with van der Waals surface area (Å²) in [6.45, 7) is 0. The van der Waals surface area contributed by atoms with Gasteiger partial charge in [-0.2, -0.15) is 0 Å². The number of anilines is 2. The molecule has 4 heteroatoms. The Bertz CT molecular complexity index is 876. The standard InChI is InChI=1S/C24H25N4/c1-27(2)23-12-8-21(9-13-23)25-17-19-6-5-7-20(16-19)18-26-22-10-14-24(15-11-22)28(3)4/h5-15,17-18H,1-4H3. The summed E-state index contributed by atoms with van der Waals surface area (Å²) in [6, 6.07) is 25.6. The average Bonchev–Trinajstić information content (AvgIpc) is 2.71. The van der Waals surface area contributed by atoms with Crippen molar-refractivity contribution in [2.75, 3.05) is 38.0 Å². The fraction of sp³-hybridized carbons (Fsp3) is 0.167. The lowest BCUT2D eigenvalue weighted by Gasteiger charge is -2.11. The summed E-state index contributed by atoms with van der Waals surface area (Å²) in [5, 5.41) is 0. The second-order valence-electron chi connectivity index (χ2n) is 6.90. The van der Waals surface area contributed by atoms with Crippen LogP contribution in [0.25, 0.3) is 0 Å². The van der Waals surface area contributed by atoms with Crippen LogP contribution in [0.1, 0.15) is 11.1 Å². The van der Waals surface area contributed by atoms with E-state index in [0.29, 0.717) is 0 Å². The number of hydrogen-bond donors (Lipinski definition) is 0. The fourth-order valence-corrected chi connectivity index (χ4v) is 2.62. The van der Waals surface area contributed by atoms with Gasteiger partial charge in [0.05, 0.1) is 11.4 Å². The predicted molar refractivity (Wildman–Crippen MR) is 121 cm³/mol. The van der Waals surface area contributed by atoms with Crippen LogP contribution < -0.4 is 9.80 Å². The second kappa shape index (κ2) is 9.00. The van der Waals surface area contributed by atoms with Crippen molar-refractivity contribution in [1.29, 1.82) is 0 Å². The minimum atomic E-state index is 0.916. The minimum absolute atomic E-state index is 0.916. The van der Waals surface area contributed by atoms with Gasteiger partial charge in [0.15, 0.2) is 0 Å². The summed E-state index contributed by atoms with van der Waals surface area (Å²) in [5.74, 6) is 0. The van der Waals surface area contributed by atoms with Gasteiger partial charge in [-0.3, -0.25) is 9.98 Å². The van der Waals surface area contributed by atoms with Crippen molar-refractivity contribution in [3.05, 3.63) is 83.9 Å². The first kappa shape index (κ1) is 19.4. The van der Waals surface area contributed by atoms with Crippen LogP contribution in [-0.4, -0.2) is 40.6 Å². The molecule has 28 heavy (non-hydrogen) atoms. The molecule has 3 rings (SSSR count). The highest BCUT2D eigenvalue weighted by Gasteiger charge is 1.97. The lowest BCUT2D eigenvalue weighted by molar-refractivity contribution is 1.13. The number of hydrogen-bond acceptors (Lipinski definition) is 4. The monoisotopic (exact) mass is 369 g/mol. The maximum Gasteiger partial charge on any atom is 0.0631 e. The lowest BCUT2D eigenvalue weighted by atomic mass is 10.1. The first-order valence-electron chi connectivity index (χ1n) is 9.16. The largest absolute Gasteiger partial charge is 0.378 e. The van der Waals surface area contributed by atoms with Crippen molar-refractivity contribution >= 4 is 35.2 Å². The zero-order valence-electron chi connectivity index (χ0n) is 16.8. The lowest BCUT2D eigenvalue weighted by Crippen LogP contribution is -2.07. The van der Waals surface area contributed by atoms with E-state index >= 15 is 0 Å². The van der Waals surface area contributed by atoms with E-state index in [4.69, 9.17) is 0 Å². The highest BCUT2D eigenvalue weighted by Crippen LogP contribution is 2.19. The normalized spacial score (nSPS) is 11.3. The Hall–Kier alpha value is -3.40. The van der Waals surface area contributed by atoms with Crippen LogP contribution in [0.2, 0.25) is 0 Å². The highest BCUT2D eigenvalue weighted by atomic mass is 15.1. The van der Waals surface area contributed by atoms with E-state index in [1.165, 1.54) is 0 Å². The molecule has 3 aromatic carbocycles. The molecule has 0 saturated carbocycles. The molecule has 0 aliphatic heterocycles. The summed E-state index contributed by atoms with van der Waals surface area (Å²) < 4.78 is 0. The van der Waals surface area contributed by atoms with Gasteiger partial charge in [-0.05, 0) is 48.5 Å². The molecular formula is C24H25N4. The van der Waals surface area contributed by atoms with E-state index in [9.17, 15) is 0 Å². The topological polar surface area (TPSA) is 31.2 Å². The molecule has 0 amide bonds. The van der Waals surface area contributed by atoms with E-state index in [1.54, 1.807) is 0 Å². The molecule has 0 aliphatic carbocycles. The molecule has 0 atom stereocenters. The van der Waals surface area contributed by atoms with E-state index in [0.717, 1.165) is 33.9 Å². The molecule has 0 fully saturated rings. The van der Waals surface area contributed by atoms with Gasteiger partial charge < -0.3 is 9.80 Å². The summed E-state index contributed by atoms with van der Waals surface area (Å²) in [6.07, 6.45) is 3.65. The predicted octanol–water partition coefficient (Wildman–Crippen LogP) is 5.12. The molecule has 0 aliphatic rings. The van der Waals surface area contributed by atoms with Gasteiger partial charge in [-0.15, -0.1) is 0 Å². The van der Waals surface area contributed by atoms with Crippen LogP contribution in [-0.2, 0) is 0 Å². The van der Waals surface area contributed by atoms with Gasteiger partial charge in [-0.25, -0.2) is 0 Å². The van der Waals surface area contributed by atoms with Crippen molar-refractivity contribution in [3.8, 4) is 0 Å². The Morgan fingerprint density at radius 1 is 0.607 bits per heavy atom. The number of nitrogens with zero attached hydrogens (tertiary/aromatic N) is 4. The average molecular weight is 369 g/mol. The number of benzene rings is 3. The van der Waals surface area contributed by atoms with Crippen molar-refractivity contribution in [2.45, 2.75) is 0 Å². The van der Waals surface area contributed by atoms with E-state index in [-0.39, 0.29) is 0 Å². The molecule has 1 radical (unpaired) electrons. The van der Waals surface area contributed by atoms with E-state index < -0.39 is 0 Å². The van der Waals surface area contributed by atoms with Gasteiger partial charge in [0.25, 0.3) is 0 Å². The third-order valence-electron chi connectivity index (χ3n) is 4.28. The van der Waals surface area contributed by atoms with Crippen molar-refractivity contribution in [2.24, 2.45) is 9.98 Å². The Balaban J connectivity index is 1.69. The molecule has 0 N–H and O–H groups in total. The van der Waals surface area contributed by atoms with Crippen molar-refractivity contribution in [1.82, 2.24) is 0 Å². The van der Waals surface area contributed by atoms with Crippen LogP contribution in [0.5, 0.6) is 0 Å². The Morgan fingerprint density at radius 2 is 1.00 bits per heavy atom. The van der Waals surface area contributed by atoms with E-state index in [1.807, 2.05) is 83.1 Å². The summed E-state index contributed by atoms with van der Waals surface area (Å²) in [4.78, 5) is 13.2. The molecular weight excluding hydrogens is 344 g/mol. The van der Waals surface area contributed by atoms with Crippen LogP contribution in [0.3, 0.4) is 0 Å². The van der Waals surface area contributed by atoms with Crippen molar-refractivity contribution < 1.29 is 0 Å². The van der Waals surface area contributed by atoms with Gasteiger partial charge in [0.2, 0.25) is 0 Å². The highest BCUT2D eigenvalue weighted by molar-refractivity contribution is 5.87. The molecule has 0 bridgehead atoms. The molecule has 4 nitrogen and oxygen atoms in total. The van der Waals surface area contributed by atoms with Crippen LogP contribution in [0, 0.1) is 6.07 Å². The minimum Gasteiger partial charge on any atom is -0.378 e. The van der Waals surface area contributed by atoms with Gasteiger partial charge >= 0.3 is 0 Å². The smallest absolute Gasteiger partial charge is 0.0631 e. The maximum absolute atomic E-state index is 4.54. The number of aliphatic imine (C=N–C) groups is 2. The SMILES string of the molecule is CN(C)c1ccc(N=Cc2[c]c(C=Nc3ccc(N(C)C)cc3)ccc2)cc1.